The lowest BCUT2D eigenvalue weighted by atomic mass is 10.1. The summed E-state index contributed by atoms with van der Waals surface area (Å²) in [5.74, 6) is 0.286. The number of sulfonamides is 1. The highest BCUT2D eigenvalue weighted by Crippen LogP contribution is 2.26. The zero-order chi connectivity index (χ0) is 23.1. The summed E-state index contributed by atoms with van der Waals surface area (Å²) in [4.78, 5) is 15.5. The number of rotatable bonds is 9. The topological polar surface area (TPSA) is 79.0 Å². The molecule has 0 bridgehead atoms. The summed E-state index contributed by atoms with van der Waals surface area (Å²) in [7, 11) is -3.69. The van der Waals surface area contributed by atoms with E-state index in [0.717, 1.165) is 25.0 Å². The molecular weight excluding hydrogens is 426 g/mol. The highest BCUT2D eigenvalue weighted by atomic mass is 32.2. The number of hydrogen-bond acceptors (Lipinski definition) is 5. The van der Waals surface area contributed by atoms with Gasteiger partial charge in [0.2, 0.25) is 15.9 Å². The lowest BCUT2D eigenvalue weighted by Crippen LogP contribution is -2.47. The van der Waals surface area contributed by atoms with Crippen LogP contribution in [0.15, 0.2) is 48.5 Å². The SMILES string of the molecule is CCOc1ccc(N([C@@H](CC)C(=O)Nc2ccc(N3CCCCC3)cc2)S(C)(=O)=O)cc1. The van der Waals surface area contributed by atoms with Gasteiger partial charge in [0.1, 0.15) is 11.8 Å². The van der Waals surface area contributed by atoms with Crippen molar-refractivity contribution in [2.75, 3.05) is 40.5 Å². The molecule has 0 spiro atoms. The molecule has 1 aliphatic rings. The Kier molecular flexibility index (Phi) is 8.01. The summed E-state index contributed by atoms with van der Waals surface area (Å²) in [5.41, 5.74) is 2.22. The summed E-state index contributed by atoms with van der Waals surface area (Å²) in [6, 6.07) is 13.6. The van der Waals surface area contributed by atoms with E-state index < -0.39 is 16.1 Å². The zero-order valence-electron chi connectivity index (χ0n) is 19.1. The van der Waals surface area contributed by atoms with Gasteiger partial charge in [0.05, 0.1) is 18.6 Å². The monoisotopic (exact) mass is 459 g/mol. The number of piperidine rings is 1. The summed E-state index contributed by atoms with van der Waals surface area (Å²) < 4.78 is 31.9. The summed E-state index contributed by atoms with van der Waals surface area (Å²) in [6.45, 7) is 6.30. The van der Waals surface area contributed by atoms with Gasteiger partial charge >= 0.3 is 0 Å². The van der Waals surface area contributed by atoms with Crippen molar-refractivity contribution in [1.82, 2.24) is 0 Å². The molecule has 1 N–H and O–H groups in total. The third-order valence-electron chi connectivity index (χ3n) is 5.59. The van der Waals surface area contributed by atoms with Gasteiger partial charge in [0, 0.05) is 24.5 Å². The largest absolute Gasteiger partial charge is 0.494 e. The number of nitrogens with one attached hydrogen (secondary N) is 1. The van der Waals surface area contributed by atoms with Crippen LogP contribution < -0.4 is 19.3 Å². The van der Waals surface area contributed by atoms with Crippen LogP contribution in [-0.2, 0) is 14.8 Å². The van der Waals surface area contributed by atoms with E-state index in [1.165, 1.54) is 23.6 Å². The number of anilines is 3. The van der Waals surface area contributed by atoms with E-state index in [4.69, 9.17) is 4.74 Å². The minimum absolute atomic E-state index is 0.331. The Bertz CT molecular complexity index is 985. The van der Waals surface area contributed by atoms with E-state index in [0.29, 0.717) is 30.2 Å². The van der Waals surface area contributed by atoms with Crippen LogP contribution in [0.4, 0.5) is 17.1 Å². The molecule has 2 aromatic rings. The molecule has 7 nitrogen and oxygen atoms in total. The van der Waals surface area contributed by atoms with Gasteiger partial charge in [-0.05, 0) is 81.1 Å². The fourth-order valence-corrected chi connectivity index (χ4v) is 5.26. The van der Waals surface area contributed by atoms with E-state index in [-0.39, 0.29) is 5.91 Å². The molecule has 174 valence electrons. The average molecular weight is 460 g/mol. The van der Waals surface area contributed by atoms with Crippen LogP contribution in [-0.4, -0.2) is 46.3 Å². The smallest absolute Gasteiger partial charge is 0.248 e. The molecule has 0 saturated carbocycles. The van der Waals surface area contributed by atoms with Gasteiger partial charge in [-0.3, -0.25) is 9.10 Å². The molecular formula is C24H33N3O4S. The molecule has 1 fully saturated rings. The fraction of sp³-hybridized carbons (Fsp3) is 0.458. The van der Waals surface area contributed by atoms with Gasteiger partial charge in [-0.25, -0.2) is 8.42 Å². The van der Waals surface area contributed by atoms with Crippen LogP contribution in [0, 0.1) is 0 Å². The van der Waals surface area contributed by atoms with Gasteiger partial charge in [0.15, 0.2) is 0 Å². The van der Waals surface area contributed by atoms with Gasteiger partial charge < -0.3 is 15.0 Å². The number of benzene rings is 2. The van der Waals surface area contributed by atoms with Crippen LogP contribution in [0.1, 0.15) is 39.5 Å². The average Bonchev–Trinajstić information content (AvgIpc) is 2.78. The molecule has 1 saturated heterocycles. The fourth-order valence-electron chi connectivity index (χ4n) is 4.05. The molecule has 1 aliphatic heterocycles. The van der Waals surface area contributed by atoms with Crippen molar-refractivity contribution >= 4 is 33.0 Å². The van der Waals surface area contributed by atoms with Crippen LogP contribution in [0.5, 0.6) is 5.75 Å². The minimum atomic E-state index is -3.69. The van der Waals surface area contributed by atoms with E-state index in [9.17, 15) is 13.2 Å². The van der Waals surface area contributed by atoms with Gasteiger partial charge in [-0.15, -0.1) is 0 Å². The lowest BCUT2D eigenvalue weighted by Gasteiger charge is -2.30. The number of ether oxygens (including phenoxy) is 1. The standard InChI is InChI=1S/C24H33N3O4S/c1-4-23(27(32(3,29)30)21-13-15-22(16-14-21)31-5-2)24(28)25-19-9-11-20(12-10-19)26-17-7-6-8-18-26/h9-16,23H,4-8,17-18H2,1-3H3,(H,25,28)/t23-/m0/s1. The van der Waals surface area contributed by atoms with E-state index >= 15 is 0 Å². The highest BCUT2D eigenvalue weighted by molar-refractivity contribution is 7.92. The first kappa shape index (κ1) is 23.9. The van der Waals surface area contributed by atoms with Crippen LogP contribution >= 0.6 is 0 Å². The zero-order valence-corrected chi connectivity index (χ0v) is 19.9. The van der Waals surface area contributed by atoms with Crippen molar-refractivity contribution in [3.8, 4) is 5.75 Å². The Balaban J connectivity index is 1.77. The first-order valence-corrected chi connectivity index (χ1v) is 13.1. The molecule has 0 aromatic heterocycles. The number of carbonyl (C=O) groups excluding carboxylic acids is 1. The third kappa shape index (κ3) is 5.94. The minimum Gasteiger partial charge on any atom is -0.494 e. The van der Waals surface area contributed by atoms with Crippen LogP contribution in [0.25, 0.3) is 0 Å². The Labute approximate surface area is 191 Å². The summed E-state index contributed by atoms with van der Waals surface area (Å²) >= 11 is 0. The molecule has 1 amide bonds. The maximum atomic E-state index is 13.1. The maximum Gasteiger partial charge on any atom is 0.248 e. The Hall–Kier alpha value is -2.74. The van der Waals surface area contributed by atoms with E-state index in [1.807, 2.05) is 31.2 Å². The van der Waals surface area contributed by atoms with Gasteiger partial charge in [-0.2, -0.15) is 0 Å². The summed E-state index contributed by atoms with van der Waals surface area (Å²) in [6.07, 6.45) is 5.12. The third-order valence-corrected chi connectivity index (χ3v) is 6.77. The quantitative estimate of drug-likeness (QED) is 0.606. The van der Waals surface area contributed by atoms with E-state index in [2.05, 4.69) is 10.2 Å². The van der Waals surface area contributed by atoms with Crippen molar-refractivity contribution in [2.24, 2.45) is 0 Å². The van der Waals surface area contributed by atoms with Crippen molar-refractivity contribution < 1.29 is 17.9 Å². The highest BCUT2D eigenvalue weighted by Gasteiger charge is 2.31. The van der Waals surface area contributed by atoms with Crippen LogP contribution in [0.3, 0.4) is 0 Å². The molecule has 0 radical (unpaired) electrons. The summed E-state index contributed by atoms with van der Waals surface area (Å²) in [5, 5.41) is 2.89. The van der Waals surface area contributed by atoms with Crippen molar-refractivity contribution in [3.63, 3.8) is 0 Å². The molecule has 0 unspecified atom stereocenters. The lowest BCUT2D eigenvalue weighted by molar-refractivity contribution is -0.117. The van der Waals surface area contributed by atoms with E-state index in [1.54, 1.807) is 31.2 Å². The molecule has 3 rings (SSSR count). The number of nitrogens with zero attached hydrogens (tertiary/aromatic N) is 2. The van der Waals surface area contributed by atoms with Crippen molar-refractivity contribution in [2.45, 2.75) is 45.6 Å². The molecule has 8 heteroatoms. The molecule has 2 aromatic carbocycles. The normalized spacial score (nSPS) is 15.2. The second-order valence-electron chi connectivity index (χ2n) is 7.99. The van der Waals surface area contributed by atoms with Crippen LogP contribution in [0.2, 0.25) is 0 Å². The van der Waals surface area contributed by atoms with Crippen molar-refractivity contribution in [1.29, 1.82) is 0 Å². The van der Waals surface area contributed by atoms with Gasteiger partial charge in [0.25, 0.3) is 0 Å². The number of amides is 1. The first-order chi connectivity index (χ1) is 15.3. The Morgan fingerprint density at radius 3 is 2.19 bits per heavy atom. The number of hydrogen-bond donors (Lipinski definition) is 1. The number of carbonyl (C=O) groups is 1. The second-order valence-corrected chi connectivity index (χ2v) is 9.85. The second kappa shape index (κ2) is 10.7. The predicted molar refractivity (Wildman–Crippen MR) is 130 cm³/mol. The molecule has 0 aliphatic carbocycles. The molecule has 1 atom stereocenters. The van der Waals surface area contributed by atoms with Crippen molar-refractivity contribution in [3.05, 3.63) is 48.5 Å². The Morgan fingerprint density at radius 1 is 1.03 bits per heavy atom. The first-order valence-electron chi connectivity index (χ1n) is 11.2. The van der Waals surface area contributed by atoms with Gasteiger partial charge in [-0.1, -0.05) is 6.92 Å². The maximum absolute atomic E-state index is 13.1. The predicted octanol–water partition coefficient (Wildman–Crippen LogP) is 4.26. The Morgan fingerprint density at radius 2 is 1.66 bits per heavy atom. The molecule has 1 heterocycles. The molecule has 32 heavy (non-hydrogen) atoms.